The van der Waals surface area contributed by atoms with Crippen molar-refractivity contribution in [2.24, 2.45) is 5.92 Å². The number of hydrogen-bond acceptors (Lipinski definition) is 2. The van der Waals surface area contributed by atoms with Crippen molar-refractivity contribution in [2.75, 3.05) is 26.3 Å². The van der Waals surface area contributed by atoms with E-state index in [2.05, 4.69) is 42.7 Å². The SMILES string of the molecule is CCC(CC)C(C#Cc1ccccc1)N1CCOCC1. The predicted octanol–water partition coefficient (Wildman–Crippen LogP) is 3.18. The molecule has 0 aliphatic carbocycles. The summed E-state index contributed by atoms with van der Waals surface area (Å²) in [4.78, 5) is 2.50. The lowest BCUT2D eigenvalue weighted by Crippen LogP contribution is -2.46. The van der Waals surface area contributed by atoms with Crippen LogP contribution < -0.4 is 0 Å². The van der Waals surface area contributed by atoms with E-state index < -0.39 is 0 Å². The van der Waals surface area contributed by atoms with Gasteiger partial charge in [-0.2, -0.15) is 0 Å². The molecule has 0 amide bonds. The van der Waals surface area contributed by atoms with Crippen LogP contribution in [-0.2, 0) is 4.74 Å². The van der Waals surface area contributed by atoms with Crippen molar-refractivity contribution < 1.29 is 4.74 Å². The van der Waals surface area contributed by atoms with Crippen LogP contribution in [0.2, 0.25) is 0 Å². The van der Waals surface area contributed by atoms with Gasteiger partial charge >= 0.3 is 0 Å². The average molecular weight is 271 g/mol. The second-order valence-corrected chi connectivity index (χ2v) is 5.31. The van der Waals surface area contributed by atoms with Crippen molar-refractivity contribution in [2.45, 2.75) is 32.7 Å². The van der Waals surface area contributed by atoms with Crippen LogP contribution in [-0.4, -0.2) is 37.2 Å². The van der Waals surface area contributed by atoms with Crippen LogP contribution in [0.25, 0.3) is 0 Å². The Labute approximate surface area is 123 Å². The van der Waals surface area contributed by atoms with E-state index in [-0.39, 0.29) is 0 Å². The van der Waals surface area contributed by atoms with Crippen LogP contribution in [0.3, 0.4) is 0 Å². The largest absolute Gasteiger partial charge is 0.379 e. The molecule has 0 bridgehead atoms. The first-order chi connectivity index (χ1) is 9.85. The van der Waals surface area contributed by atoms with Gasteiger partial charge in [0.1, 0.15) is 0 Å². The minimum absolute atomic E-state index is 0.356. The fourth-order valence-electron chi connectivity index (χ4n) is 2.78. The fourth-order valence-corrected chi connectivity index (χ4v) is 2.78. The van der Waals surface area contributed by atoms with Gasteiger partial charge in [0.05, 0.1) is 19.3 Å². The van der Waals surface area contributed by atoms with E-state index in [9.17, 15) is 0 Å². The summed E-state index contributed by atoms with van der Waals surface area (Å²) in [6.07, 6.45) is 2.37. The van der Waals surface area contributed by atoms with E-state index in [1.165, 1.54) is 12.8 Å². The van der Waals surface area contributed by atoms with Crippen LogP contribution >= 0.6 is 0 Å². The zero-order valence-corrected chi connectivity index (χ0v) is 12.6. The molecule has 1 saturated heterocycles. The summed E-state index contributed by atoms with van der Waals surface area (Å²) in [5.41, 5.74) is 1.11. The quantitative estimate of drug-likeness (QED) is 0.780. The zero-order chi connectivity index (χ0) is 14.2. The summed E-state index contributed by atoms with van der Waals surface area (Å²) < 4.78 is 5.47. The maximum absolute atomic E-state index is 5.47. The smallest absolute Gasteiger partial charge is 0.0748 e. The molecule has 1 aliphatic heterocycles. The number of ether oxygens (including phenoxy) is 1. The fraction of sp³-hybridized carbons (Fsp3) is 0.556. The van der Waals surface area contributed by atoms with E-state index in [1.54, 1.807) is 0 Å². The highest BCUT2D eigenvalue weighted by molar-refractivity contribution is 5.35. The molecular formula is C18H25NO. The first-order valence-corrected chi connectivity index (χ1v) is 7.73. The summed E-state index contributed by atoms with van der Waals surface area (Å²) >= 11 is 0. The van der Waals surface area contributed by atoms with Crippen LogP contribution in [0.1, 0.15) is 32.3 Å². The third kappa shape index (κ3) is 4.10. The first-order valence-electron chi connectivity index (χ1n) is 7.73. The minimum Gasteiger partial charge on any atom is -0.379 e. The summed E-state index contributed by atoms with van der Waals surface area (Å²) in [5, 5.41) is 0. The van der Waals surface area contributed by atoms with Crippen LogP contribution in [0, 0.1) is 17.8 Å². The number of rotatable bonds is 4. The van der Waals surface area contributed by atoms with E-state index in [4.69, 9.17) is 4.74 Å². The molecular weight excluding hydrogens is 246 g/mol. The maximum Gasteiger partial charge on any atom is 0.0748 e. The van der Waals surface area contributed by atoms with Crippen LogP contribution in [0.4, 0.5) is 0 Å². The predicted molar refractivity (Wildman–Crippen MR) is 83.6 cm³/mol. The van der Waals surface area contributed by atoms with E-state index in [0.717, 1.165) is 31.9 Å². The molecule has 2 heteroatoms. The van der Waals surface area contributed by atoms with Gasteiger partial charge in [-0.1, -0.05) is 56.7 Å². The molecule has 1 aliphatic rings. The monoisotopic (exact) mass is 271 g/mol. The molecule has 20 heavy (non-hydrogen) atoms. The van der Waals surface area contributed by atoms with Gasteiger partial charge in [-0.05, 0) is 18.1 Å². The van der Waals surface area contributed by atoms with Crippen LogP contribution in [0.15, 0.2) is 30.3 Å². The molecule has 108 valence electrons. The highest BCUT2D eigenvalue weighted by Crippen LogP contribution is 2.19. The van der Waals surface area contributed by atoms with Crippen molar-refractivity contribution >= 4 is 0 Å². The number of benzene rings is 1. The minimum atomic E-state index is 0.356. The van der Waals surface area contributed by atoms with E-state index in [0.29, 0.717) is 12.0 Å². The van der Waals surface area contributed by atoms with Crippen LogP contribution in [0.5, 0.6) is 0 Å². The van der Waals surface area contributed by atoms with Gasteiger partial charge in [0.25, 0.3) is 0 Å². The topological polar surface area (TPSA) is 12.5 Å². The third-order valence-electron chi connectivity index (χ3n) is 4.07. The highest BCUT2D eigenvalue weighted by Gasteiger charge is 2.25. The molecule has 1 atom stereocenters. The summed E-state index contributed by atoms with van der Waals surface area (Å²) in [6.45, 7) is 8.22. The number of morpholine rings is 1. The Morgan fingerprint density at radius 2 is 1.75 bits per heavy atom. The first kappa shape index (κ1) is 15.1. The molecule has 0 aromatic heterocycles. The molecule has 2 nitrogen and oxygen atoms in total. The summed E-state index contributed by atoms with van der Waals surface area (Å²) in [5.74, 6) is 7.53. The van der Waals surface area contributed by atoms with Crippen molar-refractivity contribution in [3.05, 3.63) is 35.9 Å². The lowest BCUT2D eigenvalue weighted by atomic mass is 9.92. The Hall–Kier alpha value is -1.30. The molecule has 0 N–H and O–H groups in total. The van der Waals surface area contributed by atoms with Crippen molar-refractivity contribution in [3.8, 4) is 11.8 Å². The Morgan fingerprint density at radius 1 is 1.10 bits per heavy atom. The van der Waals surface area contributed by atoms with Gasteiger partial charge < -0.3 is 4.74 Å². The zero-order valence-electron chi connectivity index (χ0n) is 12.6. The molecule has 1 heterocycles. The number of nitrogens with zero attached hydrogens (tertiary/aromatic N) is 1. The highest BCUT2D eigenvalue weighted by atomic mass is 16.5. The van der Waals surface area contributed by atoms with Gasteiger partial charge in [0, 0.05) is 18.7 Å². The molecule has 0 saturated carbocycles. The Bertz CT molecular complexity index is 435. The van der Waals surface area contributed by atoms with E-state index in [1.807, 2.05) is 18.2 Å². The summed E-state index contributed by atoms with van der Waals surface area (Å²) in [6, 6.07) is 10.6. The van der Waals surface area contributed by atoms with Gasteiger partial charge in [0.2, 0.25) is 0 Å². The Morgan fingerprint density at radius 3 is 2.35 bits per heavy atom. The Balaban J connectivity index is 2.15. The van der Waals surface area contributed by atoms with Gasteiger partial charge in [-0.15, -0.1) is 0 Å². The molecule has 2 rings (SSSR count). The van der Waals surface area contributed by atoms with Crippen molar-refractivity contribution in [1.82, 2.24) is 4.90 Å². The molecule has 0 spiro atoms. The van der Waals surface area contributed by atoms with E-state index >= 15 is 0 Å². The normalized spacial score (nSPS) is 17.6. The molecule has 1 fully saturated rings. The lowest BCUT2D eigenvalue weighted by molar-refractivity contribution is 0.0155. The standard InChI is InChI=1S/C18H25NO/c1-3-17(4-2)18(19-12-14-20-15-13-19)11-10-16-8-6-5-7-9-16/h5-9,17-18H,3-4,12-15H2,1-2H3. The van der Waals surface area contributed by atoms with Crippen molar-refractivity contribution in [1.29, 1.82) is 0 Å². The number of hydrogen-bond donors (Lipinski definition) is 0. The lowest BCUT2D eigenvalue weighted by Gasteiger charge is -2.35. The van der Waals surface area contributed by atoms with Crippen molar-refractivity contribution in [3.63, 3.8) is 0 Å². The maximum atomic E-state index is 5.47. The molecule has 1 aromatic rings. The summed E-state index contributed by atoms with van der Waals surface area (Å²) in [7, 11) is 0. The second kappa shape index (κ2) is 8.09. The second-order valence-electron chi connectivity index (χ2n) is 5.31. The van der Waals surface area contributed by atoms with Gasteiger partial charge in [-0.25, -0.2) is 0 Å². The average Bonchev–Trinajstić information content (AvgIpc) is 2.53. The molecule has 1 aromatic carbocycles. The molecule has 1 unspecified atom stereocenters. The van der Waals surface area contributed by atoms with Gasteiger partial charge in [0.15, 0.2) is 0 Å². The third-order valence-corrected chi connectivity index (χ3v) is 4.07. The Kier molecular flexibility index (Phi) is 6.11. The molecule has 0 radical (unpaired) electrons. The van der Waals surface area contributed by atoms with Gasteiger partial charge in [-0.3, -0.25) is 4.90 Å².